The summed E-state index contributed by atoms with van der Waals surface area (Å²) in [6.07, 6.45) is 0.533. The molecule has 1 heterocycles. The van der Waals surface area contributed by atoms with Crippen LogP contribution in [0.3, 0.4) is 0 Å². The summed E-state index contributed by atoms with van der Waals surface area (Å²) in [4.78, 5) is 0. The van der Waals surface area contributed by atoms with Crippen LogP contribution in [0.1, 0.15) is 16.8 Å². The van der Waals surface area contributed by atoms with Crippen LogP contribution in [0, 0.1) is 6.92 Å². The highest BCUT2D eigenvalue weighted by molar-refractivity contribution is 5.84. The van der Waals surface area contributed by atoms with Crippen LogP contribution in [-0.4, -0.2) is 22.5 Å². The van der Waals surface area contributed by atoms with E-state index in [4.69, 9.17) is 9.26 Å². The van der Waals surface area contributed by atoms with Crippen LogP contribution in [0.2, 0.25) is 0 Å². The number of nitrogens with zero attached hydrogens (tertiary/aromatic N) is 1. The molecule has 0 aliphatic carbocycles. The molecule has 0 atom stereocenters. The summed E-state index contributed by atoms with van der Waals surface area (Å²) < 4.78 is 10.8. The molecule has 0 aliphatic heterocycles. The molecule has 0 saturated heterocycles. The van der Waals surface area contributed by atoms with E-state index in [1.807, 2.05) is 61.5 Å². The first-order valence-electron chi connectivity index (χ1n) is 9.26. The van der Waals surface area contributed by atoms with Gasteiger partial charge in [-0.05, 0) is 41.8 Å². The quantitative estimate of drug-likeness (QED) is 0.484. The van der Waals surface area contributed by atoms with Crippen molar-refractivity contribution in [3.05, 3.63) is 83.6 Å². The Morgan fingerprint density at radius 1 is 0.931 bits per heavy atom. The molecule has 29 heavy (non-hydrogen) atoms. The van der Waals surface area contributed by atoms with Gasteiger partial charge in [0.1, 0.15) is 17.2 Å². The topological polar surface area (TPSA) is 75.7 Å². The molecule has 0 spiro atoms. The minimum atomic E-state index is -0.0646. The van der Waals surface area contributed by atoms with Crippen molar-refractivity contribution in [2.75, 3.05) is 7.11 Å². The Balaban J connectivity index is 1.80. The lowest BCUT2D eigenvalue weighted by atomic mass is 9.96. The number of phenols is 2. The molecule has 0 aliphatic rings. The molecule has 0 fully saturated rings. The fraction of sp³-hybridized carbons (Fsp3) is 0.125. The van der Waals surface area contributed by atoms with Gasteiger partial charge in [-0.25, -0.2) is 0 Å². The highest BCUT2D eigenvalue weighted by Gasteiger charge is 2.21. The molecule has 0 radical (unpaired) electrons. The van der Waals surface area contributed by atoms with E-state index >= 15 is 0 Å². The highest BCUT2D eigenvalue weighted by Crippen LogP contribution is 2.42. The van der Waals surface area contributed by atoms with E-state index in [2.05, 4.69) is 5.16 Å². The number of hydrogen-bond donors (Lipinski definition) is 2. The Hall–Kier alpha value is -3.73. The molecule has 146 valence electrons. The molecule has 5 heteroatoms. The number of aromatic nitrogens is 1. The van der Waals surface area contributed by atoms with Crippen molar-refractivity contribution in [2.24, 2.45) is 0 Å². The van der Waals surface area contributed by atoms with Gasteiger partial charge in [-0.3, -0.25) is 0 Å². The fourth-order valence-corrected chi connectivity index (χ4v) is 3.41. The highest BCUT2D eigenvalue weighted by atomic mass is 16.5. The van der Waals surface area contributed by atoms with Crippen molar-refractivity contribution in [3.63, 3.8) is 0 Å². The Bertz CT molecular complexity index is 1130. The van der Waals surface area contributed by atoms with Gasteiger partial charge in [0, 0.05) is 12.5 Å². The van der Waals surface area contributed by atoms with E-state index in [1.165, 1.54) is 6.07 Å². The van der Waals surface area contributed by atoms with Gasteiger partial charge in [-0.1, -0.05) is 47.6 Å². The zero-order valence-corrected chi connectivity index (χ0v) is 16.2. The summed E-state index contributed by atoms with van der Waals surface area (Å²) in [5, 5.41) is 25.0. The summed E-state index contributed by atoms with van der Waals surface area (Å²) in [6.45, 7) is 1.86. The van der Waals surface area contributed by atoms with E-state index in [1.54, 1.807) is 13.2 Å². The Morgan fingerprint density at radius 2 is 1.66 bits per heavy atom. The monoisotopic (exact) mass is 387 g/mol. The average Bonchev–Trinajstić information content (AvgIpc) is 3.12. The lowest BCUT2D eigenvalue weighted by molar-refractivity contribution is 0.415. The number of hydrogen-bond acceptors (Lipinski definition) is 5. The average molecular weight is 387 g/mol. The molecular formula is C24H21NO4. The van der Waals surface area contributed by atoms with Gasteiger partial charge >= 0.3 is 0 Å². The van der Waals surface area contributed by atoms with Crippen LogP contribution in [0.5, 0.6) is 17.2 Å². The molecule has 0 amide bonds. The molecule has 0 saturated carbocycles. The van der Waals surface area contributed by atoms with Crippen molar-refractivity contribution in [1.82, 2.24) is 5.16 Å². The molecule has 0 unspecified atom stereocenters. The lowest BCUT2D eigenvalue weighted by Crippen LogP contribution is -1.91. The number of ether oxygens (including phenoxy) is 1. The molecule has 2 N–H and O–H groups in total. The molecule has 4 rings (SSSR count). The van der Waals surface area contributed by atoms with Crippen LogP contribution in [0.15, 0.2) is 71.3 Å². The van der Waals surface area contributed by atoms with Gasteiger partial charge in [0.15, 0.2) is 5.76 Å². The van der Waals surface area contributed by atoms with Gasteiger partial charge in [-0.15, -0.1) is 0 Å². The maximum Gasteiger partial charge on any atom is 0.178 e. The summed E-state index contributed by atoms with van der Waals surface area (Å²) >= 11 is 0. The molecular weight excluding hydrogens is 366 g/mol. The van der Waals surface area contributed by atoms with Gasteiger partial charge in [-0.2, -0.15) is 0 Å². The molecule has 4 aromatic rings. The fourth-order valence-electron chi connectivity index (χ4n) is 3.41. The normalized spacial score (nSPS) is 10.8. The first-order chi connectivity index (χ1) is 14.1. The van der Waals surface area contributed by atoms with Crippen molar-refractivity contribution < 1.29 is 19.5 Å². The summed E-state index contributed by atoms with van der Waals surface area (Å²) in [7, 11) is 1.62. The van der Waals surface area contributed by atoms with Crippen molar-refractivity contribution >= 4 is 0 Å². The number of methoxy groups -OCH3 is 1. The summed E-state index contributed by atoms with van der Waals surface area (Å²) in [5.74, 6) is 1.18. The van der Waals surface area contributed by atoms with Gasteiger partial charge < -0.3 is 19.5 Å². The largest absolute Gasteiger partial charge is 0.508 e. The second-order valence-electron chi connectivity index (χ2n) is 6.86. The summed E-state index contributed by atoms with van der Waals surface area (Å²) in [5.41, 5.74) is 4.64. The number of rotatable bonds is 5. The zero-order chi connectivity index (χ0) is 20.4. The third kappa shape index (κ3) is 3.67. The predicted octanol–water partition coefficient (Wildman–Crippen LogP) is 5.33. The maximum atomic E-state index is 10.5. The number of aromatic hydroxyl groups is 2. The van der Waals surface area contributed by atoms with Crippen molar-refractivity contribution in [1.29, 1.82) is 0 Å². The maximum absolute atomic E-state index is 10.5. The summed E-state index contributed by atoms with van der Waals surface area (Å²) in [6, 6.07) is 20.5. The van der Waals surface area contributed by atoms with E-state index in [9.17, 15) is 10.2 Å². The van der Waals surface area contributed by atoms with Crippen LogP contribution in [-0.2, 0) is 6.42 Å². The number of benzene rings is 3. The smallest absolute Gasteiger partial charge is 0.178 e. The Kier molecular flexibility index (Phi) is 4.96. The minimum absolute atomic E-state index is 0.0392. The van der Waals surface area contributed by atoms with E-state index in [0.717, 1.165) is 22.4 Å². The zero-order valence-electron chi connectivity index (χ0n) is 16.2. The predicted molar refractivity (Wildman–Crippen MR) is 111 cm³/mol. The van der Waals surface area contributed by atoms with Crippen molar-refractivity contribution in [3.8, 4) is 39.7 Å². The lowest BCUT2D eigenvalue weighted by Gasteiger charge is -2.11. The van der Waals surface area contributed by atoms with E-state index in [0.29, 0.717) is 29.0 Å². The molecule has 3 aromatic carbocycles. The molecule has 0 bridgehead atoms. The van der Waals surface area contributed by atoms with Gasteiger partial charge in [0.25, 0.3) is 0 Å². The van der Waals surface area contributed by atoms with Crippen LogP contribution in [0.4, 0.5) is 0 Å². The number of aryl methyl sites for hydroxylation is 1. The van der Waals surface area contributed by atoms with E-state index in [-0.39, 0.29) is 11.5 Å². The number of phenolic OH excluding ortho intramolecular Hbond substituents is 2. The third-order valence-electron chi connectivity index (χ3n) is 4.92. The van der Waals surface area contributed by atoms with Crippen LogP contribution in [0.25, 0.3) is 22.5 Å². The van der Waals surface area contributed by atoms with Gasteiger partial charge in [0.05, 0.1) is 23.9 Å². The van der Waals surface area contributed by atoms with Crippen LogP contribution >= 0.6 is 0 Å². The Labute approximate surface area is 168 Å². The standard InChI is InChI=1S/C24H21NO4/c1-15-23(17-8-10-19(28-2)11-9-17)24(29-25-15)20-13-18(21(26)14-22(20)27)12-16-6-4-3-5-7-16/h3-11,13-14,26-27H,12H2,1-2H3. The van der Waals surface area contributed by atoms with Crippen LogP contribution < -0.4 is 4.74 Å². The van der Waals surface area contributed by atoms with Crippen molar-refractivity contribution in [2.45, 2.75) is 13.3 Å². The first-order valence-corrected chi connectivity index (χ1v) is 9.26. The minimum Gasteiger partial charge on any atom is -0.508 e. The van der Waals surface area contributed by atoms with E-state index < -0.39 is 0 Å². The SMILES string of the molecule is COc1ccc(-c2c(C)noc2-c2cc(Cc3ccccc3)c(O)cc2O)cc1. The second-order valence-corrected chi connectivity index (χ2v) is 6.86. The first kappa shape index (κ1) is 18.6. The Morgan fingerprint density at radius 3 is 2.34 bits per heavy atom. The molecule has 5 nitrogen and oxygen atoms in total. The second kappa shape index (κ2) is 7.72. The van der Waals surface area contributed by atoms with Gasteiger partial charge in [0.2, 0.25) is 0 Å². The molecule has 1 aromatic heterocycles. The third-order valence-corrected chi connectivity index (χ3v) is 4.92.